The van der Waals surface area contributed by atoms with E-state index in [-0.39, 0.29) is 6.10 Å². The van der Waals surface area contributed by atoms with E-state index in [1.54, 1.807) is 0 Å². The molecule has 0 fully saturated rings. The van der Waals surface area contributed by atoms with Gasteiger partial charge in [0.2, 0.25) is 0 Å². The van der Waals surface area contributed by atoms with Gasteiger partial charge in [-0.05, 0) is 24.3 Å². The minimum atomic E-state index is -0.0404. The number of para-hydroxylation sites is 2. The molecule has 1 atom stereocenters. The van der Waals surface area contributed by atoms with Gasteiger partial charge in [-0.1, -0.05) is 36.4 Å². The van der Waals surface area contributed by atoms with Gasteiger partial charge in [0.15, 0.2) is 6.10 Å². The monoisotopic (exact) mass is 268 g/mol. The van der Waals surface area contributed by atoms with E-state index in [0.717, 1.165) is 11.4 Å². The van der Waals surface area contributed by atoms with Crippen molar-refractivity contribution in [1.82, 2.24) is 0 Å². The van der Waals surface area contributed by atoms with Crippen LogP contribution in [0.25, 0.3) is 0 Å². The number of hydrogen-bond donors (Lipinski definition) is 1. The van der Waals surface area contributed by atoms with E-state index in [2.05, 4.69) is 10.3 Å². The first-order chi connectivity index (χ1) is 9.90. The molecule has 102 valence electrons. The van der Waals surface area contributed by atoms with Crippen LogP contribution in [0.4, 0.5) is 5.69 Å². The molecule has 1 aliphatic rings. The molecular weight excluding hydrogens is 252 g/mol. The number of aliphatic imine (C=N–C) groups is 1. The third-order valence-corrected chi connectivity index (χ3v) is 2.92. The van der Waals surface area contributed by atoms with Crippen LogP contribution in [-0.2, 0) is 4.74 Å². The Morgan fingerprint density at radius 1 is 1.05 bits per heavy atom. The summed E-state index contributed by atoms with van der Waals surface area (Å²) in [5, 5.41) is 3.14. The largest absolute Gasteiger partial charge is 0.490 e. The van der Waals surface area contributed by atoms with Crippen LogP contribution in [-0.4, -0.2) is 25.3 Å². The lowest BCUT2D eigenvalue weighted by Gasteiger charge is -2.13. The molecule has 2 aromatic carbocycles. The zero-order valence-corrected chi connectivity index (χ0v) is 11.0. The number of nitrogens with zero attached hydrogens (tertiary/aromatic N) is 1. The van der Waals surface area contributed by atoms with Crippen LogP contribution in [0.1, 0.15) is 0 Å². The summed E-state index contributed by atoms with van der Waals surface area (Å²) in [6.45, 7) is 1.11. The Morgan fingerprint density at radius 2 is 1.75 bits per heavy atom. The first-order valence-corrected chi connectivity index (χ1v) is 6.61. The van der Waals surface area contributed by atoms with Gasteiger partial charge in [-0.3, -0.25) is 0 Å². The van der Waals surface area contributed by atoms with Crippen LogP contribution < -0.4 is 10.1 Å². The second-order valence-electron chi connectivity index (χ2n) is 4.50. The third kappa shape index (κ3) is 3.29. The molecule has 2 aromatic rings. The second kappa shape index (κ2) is 6.10. The molecule has 1 heterocycles. The van der Waals surface area contributed by atoms with Gasteiger partial charge in [-0.25, -0.2) is 4.99 Å². The van der Waals surface area contributed by atoms with Gasteiger partial charge >= 0.3 is 0 Å². The molecule has 3 rings (SSSR count). The fourth-order valence-corrected chi connectivity index (χ4v) is 1.92. The molecule has 0 bridgehead atoms. The maximum Gasteiger partial charge on any atom is 0.289 e. The van der Waals surface area contributed by atoms with Crippen molar-refractivity contribution in [3.8, 4) is 5.75 Å². The Labute approximate surface area is 118 Å². The van der Waals surface area contributed by atoms with E-state index in [1.165, 1.54) is 0 Å². The molecule has 1 aliphatic heterocycles. The Bertz CT molecular complexity index is 570. The number of nitrogens with one attached hydrogen (secondary N) is 1. The van der Waals surface area contributed by atoms with Crippen molar-refractivity contribution in [2.75, 3.05) is 18.5 Å². The van der Waals surface area contributed by atoms with E-state index >= 15 is 0 Å². The second-order valence-corrected chi connectivity index (χ2v) is 4.50. The third-order valence-electron chi connectivity index (χ3n) is 2.92. The van der Waals surface area contributed by atoms with Crippen molar-refractivity contribution >= 4 is 11.7 Å². The molecule has 0 spiro atoms. The van der Waals surface area contributed by atoms with Gasteiger partial charge in [0.05, 0.1) is 6.54 Å². The smallest absolute Gasteiger partial charge is 0.289 e. The first kappa shape index (κ1) is 12.5. The maximum atomic E-state index is 5.70. The highest BCUT2D eigenvalue weighted by Gasteiger charge is 2.20. The van der Waals surface area contributed by atoms with Crippen LogP contribution >= 0.6 is 0 Å². The standard InChI is InChI=1S/C16H16N2O2/c1-3-7-13(8-4-1)18-16-17-11-15(20-16)12-19-14-9-5-2-6-10-14/h1-10,15H,11-12H2,(H,17,18). The topological polar surface area (TPSA) is 42.9 Å². The highest BCUT2D eigenvalue weighted by molar-refractivity contribution is 5.89. The van der Waals surface area contributed by atoms with E-state index in [1.807, 2.05) is 60.7 Å². The molecule has 1 N–H and O–H groups in total. The molecule has 4 nitrogen and oxygen atoms in total. The van der Waals surface area contributed by atoms with E-state index in [9.17, 15) is 0 Å². The Morgan fingerprint density at radius 3 is 2.50 bits per heavy atom. The number of benzene rings is 2. The van der Waals surface area contributed by atoms with Crippen LogP contribution in [0.3, 0.4) is 0 Å². The predicted octanol–water partition coefficient (Wildman–Crippen LogP) is 2.93. The quantitative estimate of drug-likeness (QED) is 0.927. The highest BCUT2D eigenvalue weighted by Crippen LogP contribution is 2.13. The lowest BCUT2D eigenvalue weighted by Crippen LogP contribution is -2.24. The summed E-state index contributed by atoms with van der Waals surface area (Å²) in [7, 11) is 0. The summed E-state index contributed by atoms with van der Waals surface area (Å²) in [6.07, 6.45) is -0.0404. The summed E-state index contributed by atoms with van der Waals surface area (Å²) in [5.41, 5.74) is 0.968. The minimum absolute atomic E-state index is 0.0404. The van der Waals surface area contributed by atoms with Gasteiger partial charge in [0, 0.05) is 5.69 Å². The van der Waals surface area contributed by atoms with Gasteiger partial charge in [0.1, 0.15) is 12.4 Å². The number of amidine groups is 1. The van der Waals surface area contributed by atoms with Crippen molar-refractivity contribution in [1.29, 1.82) is 0 Å². The van der Waals surface area contributed by atoms with Crippen molar-refractivity contribution < 1.29 is 9.47 Å². The molecule has 0 radical (unpaired) electrons. The Kier molecular flexibility index (Phi) is 3.83. The molecule has 0 saturated carbocycles. The molecule has 0 aliphatic carbocycles. The van der Waals surface area contributed by atoms with Crippen LogP contribution in [0, 0.1) is 0 Å². The predicted molar refractivity (Wildman–Crippen MR) is 79.2 cm³/mol. The van der Waals surface area contributed by atoms with E-state index < -0.39 is 0 Å². The fourth-order valence-electron chi connectivity index (χ4n) is 1.92. The molecule has 20 heavy (non-hydrogen) atoms. The van der Waals surface area contributed by atoms with E-state index in [0.29, 0.717) is 19.2 Å². The normalized spacial score (nSPS) is 17.2. The van der Waals surface area contributed by atoms with E-state index in [4.69, 9.17) is 9.47 Å². The summed E-state index contributed by atoms with van der Waals surface area (Å²) in [4.78, 5) is 4.33. The lowest BCUT2D eigenvalue weighted by atomic mass is 10.3. The van der Waals surface area contributed by atoms with Gasteiger partial charge in [0.25, 0.3) is 6.02 Å². The number of anilines is 1. The SMILES string of the molecule is c1ccc(NC2=NCC(COc3ccccc3)O2)cc1. The number of ether oxygens (including phenoxy) is 2. The number of hydrogen-bond acceptors (Lipinski definition) is 4. The van der Waals surface area contributed by atoms with Gasteiger partial charge < -0.3 is 14.8 Å². The van der Waals surface area contributed by atoms with Crippen molar-refractivity contribution in [2.24, 2.45) is 4.99 Å². The highest BCUT2D eigenvalue weighted by atomic mass is 16.6. The fraction of sp³-hybridized carbons (Fsp3) is 0.188. The number of rotatable bonds is 4. The molecule has 0 saturated heterocycles. The maximum absolute atomic E-state index is 5.70. The van der Waals surface area contributed by atoms with Crippen molar-refractivity contribution in [3.63, 3.8) is 0 Å². The Balaban J connectivity index is 1.47. The Hall–Kier alpha value is -2.49. The average Bonchev–Trinajstić information content (AvgIpc) is 2.95. The van der Waals surface area contributed by atoms with Crippen LogP contribution in [0.15, 0.2) is 65.7 Å². The van der Waals surface area contributed by atoms with Crippen LogP contribution in [0.5, 0.6) is 5.75 Å². The molecule has 0 amide bonds. The van der Waals surface area contributed by atoms with Gasteiger partial charge in [-0.2, -0.15) is 0 Å². The van der Waals surface area contributed by atoms with Crippen molar-refractivity contribution in [2.45, 2.75) is 6.10 Å². The zero-order valence-electron chi connectivity index (χ0n) is 11.0. The lowest BCUT2D eigenvalue weighted by molar-refractivity contribution is 0.143. The zero-order chi connectivity index (χ0) is 13.6. The first-order valence-electron chi connectivity index (χ1n) is 6.61. The summed E-state index contributed by atoms with van der Waals surface area (Å²) >= 11 is 0. The van der Waals surface area contributed by atoms with Gasteiger partial charge in [-0.15, -0.1) is 0 Å². The minimum Gasteiger partial charge on any atom is -0.490 e. The summed E-state index contributed by atoms with van der Waals surface area (Å²) < 4.78 is 11.4. The van der Waals surface area contributed by atoms with Crippen molar-refractivity contribution in [3.05, 3.63) is 60.7 Å². The molecular formula is C16H16N2O2. The van der Waals surface area contributed by atoms with Crippen LogP contribution in [0.2, 0.25) is 0 Å². The molecule has 4 heteroatoms. The summed E-state index contributed by atoms with van der Waals surface area (Å²) in [6, 6.07) is 20.1. The molecule has 0 aromatic heterocycles. The average molecular weight is 268 g/mol. The molecule has 1 unspecified atom stereocenters. The summed E-state index contributed by atoms with van der Waals surface area (Å²) in [5.74, 6) is 0.848.